The van der Waals surface area contributed by atoms with Gasteiger partial charge < -0.3 is 14.2 Å². The van der Waals surface area contributed by atoms with Crippen LogP contribution in [0.1, 0.15) is 37.7 Å². The molecule has 1 aliphatic heterocycles. The minimum Gasteiger partial charge on any atom is -0.493 e. The van der Waals surface area contributed by atoms with E-state index in [1.807, 2.05) is 0 Å². The second kappa shape index (κ2) is 10.8. The zero-order valence-corrected chi connectivity index (χ0v) is 19.9. The molecule has 2 aliphatic rings. The molecule has 1 saturated heterocycles. The Labute approximate surface area is 210 Å². The summed E-state index contributed by atoms with van der Waals surface area (Å²) >= 11 is 0. The van der Waals surface area contributed by atoms with Crippen LogP contribution >= 0.6 is 0 Å². The van der Waals surface area contributed by atoms with Crippen LogP contribution in [0.5, 0.6) is 17.2 Å². The number of hydrogen-bond acceptors (Lipinski definition) is 5. The number of ketones is 1. The lowest BCUT2D eigenvalue weighted by molar-refractivity contribution is -0.275. The molecule has 2 aromatic rings. The smallest absolute Gasteiger partial charge is 0.493 e. The lowest BCUT2D eigenvalue weighted by Crippen LogP contribution is -2.49. The highest BCUT2D eigenvalue weighted by Gasteiger charge is 2.45. The van der Waals surface area contributed by atoms with Crippen LogP contribution in [0.25, 0.3) is 0 Å². The highest BCUT2D eigenvalue weighted by atomic mass is 19.4. The topological polar surface area (TPSA) is 48.0 Å². The maximum Gasteiger partial charge on any atom is 0.573 e. The molecule has 0 N–H and O–H groups in total. The normalized spacial score (nSPS) is 20.1. The van der Waals surface area contributed by atoms with Gasteiger partial charge in [0, 0.05) is 12.5 Å². The van der Waals surface area contributed by atoms with E-state index in [2.05, 4.69) is 14.4 Å². The SMILES string of the molecule is O=C(CN1CCCC(COc2ccc(OC(F)(F)F)cc2)C1)C1(c2ccc(OC(F)(F)F)cc2)CCC1. The number of carbonyl (C=O) groups excluding carboxylic acids is 1. The molecular formula is C26H27F6NO4. The summed E-state index contributed by atoms with van der Waals surface area (Å²) in [7, 11) is 0. The zero-order valence-electron chi connectivity index (χ0n) is 19.9. The number of Topliss-reactive ketones (excluding diaryl/α,β-unsaturated/α-hetero) is 1. The molecular weight excluding hydrogens is 504 g/mol. The average molecular weight is 531 g/mol. The number of halogens is 6. The van der Waals surface area contributed by atoms with E-state index >= 15 is 0 Å². The van der Waals surface area contributed by atoms with Gasteiger partial charge in [0.25, 0.3) is 0 Å². The van der Waals surface area contributed by atoms with E-state index in [1.165, 1.54) is 48.5 Å². The summed E-state index contributed by atoms with van der Waals surface area (Å²) in [5.41, 5.74) is 0.00795. The lowest BCUT2D eigenvalue weighted by atomic mass is 9.61. The van der Waals surface area contributed by atoms with Crippen molar-refractivity contribution in [3.05, 3.63) is 54.1 Å². The number of rotatable bonds is 9. The van der Waals surface area contributed by atoms with E-state index in [1.54, 1.807) is 0 Å². The molecule has 0 bridgehead atoms. The predicted octanol–water partition coefficient (Wildman–Crippen LogP) is 6.27. The van der Waals surface area contributed by atoms with E-state index in [-0.39, 0.29) is 29.7 Å². The third-order valence-corrected chi connectivity index (χ3v) is 6.89. The van der Waals surface area contributed by atoms with Crippen LogP contribution in [-0.2, 0) is 10.2 Å². The molecule has 2 fully saturated rings. The molecule has 1 heterocycles. The molecule has 0 aromatic heterocycles. The van der Waals surface area contributed by atoms with Crippen LogP contribution in [0.15, 0.2) is 48.5 Å². The largest absolute Gasteiger partial charge is 0.573 e. The van der Waals surface area contributed by atoms with Crippen molar-refractivity contribution in [3.63, 3.8) is 0 Å². The molecule has 5 nitrogen and oxygen atoms in total. The van der Waals surface area contributed by atoms with E-state index in [4.69, 9.17) is 4.74 Å². The Hall–Kier alpha value is -2.95. The number of nitrogens with zero attached hydrogens (tertiary/aromatic N) is 1. The molecule has 0 amide bonds. The molecule has 1 saturated carbocycles. The van der Waals surface area contributed by atoms with Gasteiger partial charge in [-0.05, 0) is 74.2 Å². The van der Waals surface area contributed by atoms with Gasteiger partial charge in [-0.3, -0.25) is 9.69 Å². The van der Waals surface area contributed by atoms with Crippen LogP contribution in [0.4, 0.5) is 26.3 Å². The molecule has 4 rings (SSSR count). The minimum absolute atomic E-state index is 0.0464. The Bertz CT molecular complexity index is 1050. The van der Waals surface area contributed by atoms with Gasteiger partial charge >= 0.3 is 12.7 Å². The van der Waals surface area contributed by atoms with Crippen LogP contribution in [0.3, 0.4) is 0 Å². The quantitative estimate of drug-likeness (QED) is 0.357. The van der Waals surface area contributed by atoms with Crippen molar-refractivity contribution in [3.8, 4) is 17.2 Å². The van der Waals surface area contributed by atoms with Gasteiger partial charge in [0.15, 0.2) is 5.78 Å². The first kappa shape index (κ1) is 27.1. The molecule has 202 valence electrons. The predicted molar refractivity (Wildman–Crippen MR) is 121 cm³/mol. The summed E-state index contributed by atoms with van der Waals surface area (Å²) in [5.74, 6) is -0.0304. The number of hydrogen-bond donors (Lipinski definition) is 0. The number of carbonyl (C=O) groups is 1. The number of alkyl halides is 6. The average Bonchev–Trinajstić information content (AvgIpc) is 2.77. The van der Waals surface area contributed by atoms with Crippen molar-refractivity contribution >= 4 is 5.78 Å². The van der Waals surface area contributed by atoms with Gasteiger partial charge in [0.2, 0.25) is 0 Å². The Morgan fingerprint density at radius 1 is 0.838 bits per heavy atom. The number of piperidine rings is 1. The summed E-state index contributed by atoms with van der Waals surface area (Å²) in [5, 5.41) is 0. The maximum absolute atomic E-state index is 13.4. The summed E-state index contributed by atoms with van der Waals surface area (Å²) in [6.45, 7) is 1.98. The summed E-state index contributed by atoms with van der Waals surface area (Å²) < 4.78 is 87.8. The van der Waals surface area contributed by atoms with Crippen molar-refractivity contribution in [2.45, 2.75) is 50.2 Å². The van der Waals surface area contributed by atoms with Gasteiger partial charge in [-0.1, -0.05) is 18.6 Å². The molecule has 2 aromatic carbocycles. The standard InChI is InChI=1S/C26H27F6NO4/c27-25(28,29)36-21-6-4-19(5-7-21)24(12-2-13-24)23(34)16-33-14-1-3-18(15-33)17-35-20-8-10-22(11-9-20)37-26(30,31)32/h4-11,18H,1-3,12-17H2. The first-order valence-corrected chi connectivity index (χ1v) is 12.0. The van der Waals surface area contributed by atoms with Crippen LogP contribution < -0.4 is 14.2 Å². The minimum atomic E-state index is -4.77. The highest BCUT2D eigenvalue weighted by Crippen LogP contribution is 2.45. The van der Waals surface area contributed by atoms with Crippen molar-refractivity contribution in [1.29, 1.82) is 0 Å². The molecule has 11 heteroatoms. The highest BCUT2D eigenvalue weighted by molar-refractivity contribution is 5.92. The second-order valence-electron chi connectivity index (χ2n) is 9.50. The third kappa shape index (κ3) is 7.30. The summed E-state index contributed by atoms with van der Waals surface area (Å²) in [6, 6.07) is 10.8. The van der Waals surface area contributed by atoms with E-state index < -0.39 is 18.1 Å². The number of likely N-dealkylation sites (tertiary alicyclic amines) is 1. The number of ether oxygens (including phenoxy) is 3. The van der Waals surface area contributed by atoms with Gasteiger partial charge in [-0.2, -0.15) is 0 Å². The molecule has 37 heavy (non-hydrogen) atoms. The molecule has 1 unspecified atom stereocenters. The van der Waals surface area contributed by atoms with E-state index in [0.29, 0.717) is 37.3 Å². The van der Waals surface area contributed by atoms with Crippen molar-refractivity contribution in [2.75, 3.05) is 26.2 Å². The second-order valence-corrected chi connectivity index (χ2v) is 9.50. The summed E-state index contributed by atoms with van der Waals surface area (Å²) in [4.78, 5) is 15.4. The van der Waals surface area contributed by atoms with Crippen molar-refractivity contribution in [2.24, 2.45) is 5.92 Å². The first-order chi connectivity index (χ1) is 17.4. The summed E-state index contributed by atoms with van der Waals surface area (Å²) in [6.07, 6.45) is -5.59. The van der Waals surface area contributed by atoms with Crippen LogP contribution in [-0.4, -0.2) is 49.6 Å². The first-order valence-electron chi connectivity index (χ1n) is 12.0. The maximum atomic E-state index is 13.4. The fourth-order valence-corrected chi connectivity index (χ4v) is 4.97. The van der Waals surface area contributed by atoms with Gasteiger partial charge in [0.05, 0.1) is 18.6 Å². The van der Waals surface area contributed by atoms with Gasteiger partial charge in [0.1, 0.15) is 17.2 Å². The Balaban J connectivity index is 1.30. The molecule has 1 atom stereocenters. The Morgan fingerprint density at radius 2 is 1.38 bits per heavy atom. The Kier molecular flexibility index (Phi) is 7.91. The third-order valence-electron chi connectivity index (χ3n) is 6.89. The fourth-order valence-electron chi connectivity index (χ4n) is 4.97. The van der Waals surface area contributed by atoms with E-state index in [0.717, 1.165) is 25.8 Å². The zero-order chi connectivity index (χ0) is 26.7. The van der Waals surface area contributed by atoms with Crippen molar-refractivity contribution < 1.29 is 45.3 Å². The molecule has 0 radical (unpaired) electrons. The fraction of sp³-hybridized carbons (Fsp3) is 0.500. The van der Waals surface area contributed by atoms with Crippen molar-refractivity contribution in [1.82, 2.24) is 4.90 Å². The Morgan fingerprint density at radius 3 is 1.89 bits per heavy atom. The molecule has 0 spiro atoms. The van der Waals surface area contributed by atoms with E-state index in [9.17, 15) is 31.1 Å². The monoisotopic (exact) mass is 531 g/mol. The molecule has 1 aliphatic carbocycles. The van der Waals surface area contributed by atoms with Crippen LogP contribution in [0.2, 0.25) is 0 Å². The lowest BCUT2D eigenvalue weighted by Gasteiger charge is -2.43. The van der Waals surface area contributed by atoms with Gasteiger partial charge in [-0.25, -0.2) is 0 Å². The number of benzene rings is 2. The van der Waals surface area contributed by atoms with Crippen LogP contribution in [0, 0.1) is 5.92 Å². The van der Waals surface area contributed by atoms with Gasteiger partial charge in [-0.15, -0.1) is 26.3 Å².